The third kappa shape index (κ3) is 17.3. The van der Waals surface area contributed by atoms with E-state index in [0.717, 1.165) is 23.8 Å². The molecule has 6 amide bonds. The van der Waals surface area contributed by atoms with Crippen LogP contribution in [0.5, 0.6) is 0 Å². The molecule has 18 nitrogen and oxygen atoms in total. The number of aliphatic hydroxyl groups excluding tert-OH is 1. The molecule has 3 aromatic rings. The number of nitrogens with zero attached hydrogens (tertiary/aromatic N) is 2. The number of carbonyl (C=O) groups is 8. The van der Waals surface area contributed by atoms with Crippen LogP contribution in [0.4, 0.5) is 8.78 Å². The van der Waals surface area contributed by atoms with E-state index in [2.05, 4.69) is 43.9 Å². The lowest BCUT2D eigenvalue weighted by molar-refractivity contribution is -0.143. The van der Waals surface area contributed by atoms with E-state index in [4.69, 9.17) is 10.8 Å². The summed E-state index contributed by atoms with van der Waals surface area (Å²) in [5.41, 5.74) is 6.10. The molecule has 0 radical (unpaired) electrons. The predicted octanol–water partition coefficient (Wildman–Crippen LogP) is 3.95. The van der Waals surface area contributed by atoms with Gasteiger partial charge >= 0.3 is 11.9 Å². The zero-order valence-electron chi connectivity index (χ0n) is 38.8. The molecule has 0 aliphatic heterocycles. The average molecular weight is 1070 g/mol. The lowest BCUT2D eigenvalue weighted by atomic mass is 9.82. The Morgan fingerprint density at radius 2 is 1.47 bits per heavy atom. The van der Waals surface area contributed by atoms with Crippen LogP contribution in [0, 0.1) is 17.0 Å². The lowest BCUT2D eigenvalue weighted by Gasteiger charge is -2.41. The number of hydrogen-bond donors (Lipinski definition) is 8. The Kier molecular flexibility index (Phi) is 21.5. The SMILES string of the molecule is CCC(I)(CC)CC(=O)N[C@@H](CC(N)=O)C(=O)N[C@@H](CCN(C(=O)CO)[C@@H](c1cc(-c2cc(F)ccc2F)cn1Cc1ccccc1)C(C)(C)C)C(=O)NCCC(=O)N[C@H](CCC(=O)O)C(=O)O. The topological polar surface area (TPSA) is 280 Å². The van der Waals surface area contributed by atoms with E-state index in [1.807, 2.05) is 65.0 Å². The summed E-state index contributed by atoms with van der Waals surface area (Å²) in [7, 11) is 0. The number of primary amides is 1. The van der Waals surface area contributed by atoms with Gasteiger partial charge in [-0.3, -0.25) is 33.6 Å². The zero-order valence-corrected chi connectivity index (χ0v) is 40.9. The zero-order chi connectivity index (χ0) is 50.9. The second kappa shape index (κ2) is 26.0. The van der Waals surface area contributed by atoms with Crippen LogP contribution in [0.25, 0.3) is 11.1 Å². The van der Waals surface area contributed by atoms with Crippen LogP contribution in [0.1, 0.15) is 103 Å². The second-order valence-corrected chi connectivity index (χ2v) is 19.8. The summed E-state index contributed by atoms with van der Waals surface area (Å²) in [6, 6.07) is 8.23. The van der Waals surface area contributed by atoms with Gasteiger partial charge in [-0.15, -0.1) is 0 Å². The molecule has 0 spiro atoms. The molecule has 1 aromatic heterocycles. The molecule has 3 rings (SSSR count). The van der Waals surface area contributed by atoms with Gasteiger partial charge in [0.25, 0.3) is 0 Å². The molecule has 0 bridgehead atoms. The van der Waals surface area contributed by atoms with E-state index in [-0.39, 0.29) is 37.1 Å². The van der Waals surface area contributed by atoms with Crippen LogP contribution in [-0.4, -0.2) is 113 Å². The van der Waals surface area contributed by atoms with E-state index >= 15 is 4.39 Å². The van der Waals surface area contributed by atoms with Crippen LogP contribution in [-0.2, 0) is 44.9 Å². The van der Waals surface area contributed by atoms with Crippen LogP contribution < -0.4 is 27.0 Å². The number of carbonyl (C=O) groups excluding carboxylic acids is 6. The van der Waals surface area contributed by atoms with Gasteiger partial charge in [0.1, 0.15) is 36.4 Å². The first-order valence-corrected chi connectivity index (χ1v) is 23.2. The second-order valence-electron chi connectivity index (χ2n) is 17.5. The molecule has 0 fully saturated rings. The van der Waals surface area contributed by atoms with Crippen LogP contribution >= 0.6 is 22.6 Å². The van der Waals surface area contributed by atoms with Crippen molar-refractivity contribution in [2.45, 2.75) is 120 Å². The van der Waals surface area contributed by atoms with Gasteiger partial charge in [-0.1, -0.05) is 87.5 Å². The quantitative estimate of drug-likeness (QED) is 0.0400. The predicted molar refractivity (Wildman–Crippen MR) is 255 cm³/mol. The fourth-order valence-electron chi connectivity index (χ4n) is 7.57. The highest BCUT2D eigenvalue weighted by atomic mass is 127. The van der Waals surface area contributed by atoms with Gasteiger partial charge in [0, 0.05) is 65.3 Å². The maximum Gasteiger partial charge on any atom is 0.326 e. The number of halogens is 3. The van der Waals surface area contributed by atoms with Crippen molar-refractivity contribution in [1.82, 2.24) is 30.7 Å². The summed E-state index contributed by atoms with van der Waals surface area (Å²) in [6.45, 7) is 7.67. The first-order valence-electron chi connectivity index (χ1n) is 22.1. The maximum atomic E-state index is 15.3. The lowest BCUT2D eigenvalue weighted by Crippen LogP contribution is -2.56. The molecule has 0 unspecified atom stereocenters. The fourth-order valence-corrected chi connectivity index (χ4v) is 7.91. The van der Waals surface area contributed by atoms with E-state index in [0.29, 0.717) is 18.5 Å². The largest absolute Gasteiger partial charge is 0.481 e. The van der Waals surface area contributed by atoms with Crippen molar-refractivity contribution in [3.05, 3.63) is 83.7 Å². The fraction of sp³-hybridized carbons (Fsp3) is 0.489. The van der Waals surface area contributed by atoms with Crippen LogP contribution in [0.3, 0.4) is 0 Å². The minimum Gasteiger partial charge on any atom is -0.481 e. The molecule has 2 aromatic carbocycles. The number of carboxylic acid groups (broad SMARTS) is 2. The average Bonchev–Trinajstić information content (AvgIpc) is 3.67. The van der Waals surface area contributed by atoms with Crippen molar-refractivity contribution in [2.75, 3.05) is 19.7 Å². The molecule has 0 aliphatic carbocycles. The molecular weight excluding hydrogens is 1000 g/mol. The monoisotopic (exact) mass is 1070 g/mol. The molecular formula is C47H62F2IN7O11. The van der Waals surface area contributed by atoms with Gasteiger partial charge in [0.15, 0.2) is 0 Å². The third-order valence-electron chi connectivity index (χ3n) is 11.3. The summed E-state index contributed by atoms with van der Waals surface area (Å²) < 4.78 is 31.2. The van der Waals surface area contributed by atoms with Gasteiger partial charge in [-0.25, -0.2) is 13.6 Å². The number of amides is 6. The van der Waals surface area contributed by atoms with E-state index in [9.17, 15) is 53.0 Å². The maximum absolute atomic E-state index is 15.3. The number of aliphatic carboxylic acids is 2. The summed E-state index contributed by atoms with van der Waals surface area (Å²) in [5, 5.41) is 38.6. The van der Waals surface area contributed by atoms with Crippen molar-refractivity contribution in [2.24, 2.45) is 11.1 Å². The van der Waals surface area contributed by atoms with Crippen molar-refractivity contribution in [3.63, 3.8) is 0 Å². The summed E-state index contributed by atoms with van der Waals surface area (Å²) in [5.74, 6) is -9.20. The molecule has 4 atom stereocenters. The normalized spacial score (nSPS) is 13.3. The van der Waals surface area contributed by atoms with E-state index in [1.165, 1.54) is 4.90 Å². The van der Waals surface area contributed by atoms with Gasteiger partial charge < -0.3 is 51.8 Å². The number of aromatic nitrogens is 1. The molecule has 0 saturated carbocycles. The van der Waals surface area contributed by atoms with Gasteiger partial charge in [-0.2, -0.15) is 0 Å². The number of hydrogen-bond acceptors (Lipinski definition) is 9. The number of rotatable bonds is 27. The first-order chi connectivity index (χ1) is 31.9. The molecule has 68 heavy (non-hydrogen) atoms. The summed E-state index contributed by atoms with van der Waals surface area (Å²) in [4.78, 5) is 104. The van der Waals surface area contributed by atoms with E-state index in [1.54, 1.807) is 16.8 Å². The molecule has 21 heteroatoms. The Morgan fingerprint density at radius 3 is 2.04 bits per heavy atom. The Morgan fingerprint density at radius 1 is 0.824 bits per heavy atom. The number of nitrogens with two attached hydrogens (primary N) is 1. The molecule has 9 N–H and O–H groups in total. The summed E-state index contributed by atoms with van der Waals surface area (Å²) in [6.07, 6.45) is 0.375. The first kappa shape index (κ1) is 56.4. The highest BCUT2D eigenvalue weighted by Gasteiger charge is 2.39. The van der Waals surface area contributed by atoms with Crippen molar-refractivity contribution < 1.29 is 62.5 Å². The highest BCUT2D eigenvalue weighted by molar-refractivity contribution is 14.1. The van der Waals surface area contributed by atoms with E-state index < -0.39 is 131 Å². The Labute approximate surface area is 407 Å². The Bertz CT molecular complexity index is 2270. The van der Waals surface area contributed by atoms with Crippen LogP contribution in [0.2, 0.25) is 0 Å². The smallest absolute Gasteiger partial charge is 0.326 e. The van der Waals surface area contributed by atoms with Crippen molar-refractivity contribution >= 4 is 70.0 Å². The highest BCUT2D eigenvalue weighted by Crippen LogP contribution is 2.41. The molecule has 0 saturated heterocycles. The van der Waals surface area contributed by atoms with Gasteiger partial charge in [0.05, 0.1) is 12.5 Å². The third-order valence-corrected chi connectivity index (χ3v) is 13.2. The number of nitrogens with one attached hydrogen (secondary N) is 4. The Balaban J connectivity index is 2.08. The van der Waals surface area contributed by atoms with Gasteiger partial charge in [-0.05, 0) is 60.9 Å². The molecule has 1 heterocycles. The minimum atomic E-state index is -1.56. The number of aliphatic hydroxyl groups is 1. The molecule has 372 valence electrons. The van der Waals surface area contributed by atoms with Crippen molar-refractivity contribution in [3.8, 4) is 11.1 Å². The minimum absolute atomic E-state index is 0.0138. The van der Waals surface area contributed by atoms with Gasteiger partial charge in [0.2, 0.25) is 35.4 Å². The Hall–Kier alpha value is -5.97. The van der Waals surface area contributed by atoms with Crippen LogP contribution in [0.15, 0.2) is 60.8 Å². The number of carboxylic acids is 2. The molecule has 0 aliphatic rings. The summed E-state index contributed by atoms with van der Waals surface area (Å²) >= 11 is 2.15. The van der Waals surface area contributed by atoms with Crippen molar-refractivity contribution in [1.29, 1.82) is 0 Å². The number of alkyl halides is 1. The number of benzene rings is 2. The standard InChI is InChI=1S/C47H62F2IN7O11/c1-6-47(50,7-2)24-39(61)54-35(23-37(51)59)44(66)55-33(43(65)52-19-17-38(60)53-34(45(67)68)15-16-41(63)64)18-20-57(40(62)27-58)42(46(3,4)5)36-21-29(31-22-30(48)13-14-32(31)49)26-56(36)25-28-11-9-8-10-12-28/h8-14,21-22,26,33-35,42,58H,6-7,15-20,23-25,27H2,1-5H3,(H2,51,59)(H,52,65)(H,53,60)(H,54,61)(H,55,66)(H,63,64)(H,67,68)/t33-,34+,35-,42-/m0/s1.